The van der Waals surface area contributed by atoms with Gasteiger partial charge in [-0.05, 0) is 65.8 Å². The molecule has 0 bridgehead atoms. The highest BCUT2D eigenvalue weighted by Crippen LogP contribution is 2.41. The molecule has 2 aromatic heterocycles. The molecule has 6 aromatic rings. The van der Waals surface area contributed by atoms with Crippen LogP contribution in [-0.2, 0) is 7.05 Å². The highest BCUT2D eigenvalue weighted by Gasteiger charge is 2.33. The van der Waals surface area contributed by atoms with Crippen molar-refractivity contribution in [3.63, 3.8) is 0 Å². The predicted octanol–water partition coefficient (Wildman–Crippen LogP) is 8.49. The number of rotatable bonds is 5. The monoisotopic (exact) mass is 500 g/mol. The molecule has 0 N–H and O–H groups in total. The maximum absolute atomic E-state index is 6.02. The summed E-state index contributed by atoms with van der Waals surface area (Å²) < 4.78 is 10.8. The van der Waals surface area contributed by atoms with Crippen LogP contribution in [0.25, 0.3) is 50.3 Å². The van der Waals surface area contributed by atoms with Crippen LogP contribution in [0.15, 0.2) is 89.7 Å². The molecule has 2 heterocycles. The summed E-state index contributed by atoms with van der Waals surface area (Å²) in [6, 6.07) is 28.4. The number of aromatic nitrogens is 3. The first-order valence-electron chi connectivity index (χ1n) is 13.4. The summed E-state index contributed by atoms with van der Waals surface area (Å²) in [4.78, 5) is 4.48. The Bertz CT molecular complexity index is 1760. The van der Waals surface area contributed by atoms with Crippen LogP contribution in [0.1, 0.15) is 56.2 Å². The fourth-order valence-electron chi connectivity index (χ4n) is 5.74. The molecule has 6 rings (SSSR count). The van der Waals surface area contributed by atoms with Crippen LogP contribution < -0.4 is 4.57 Å². The minimum atomic E-state index is 0.327. The summed E-state index contributed by atoms with van der Waals surface area (Å²) in [5.41, 5.74) is 12.7. The van der Waals surface area contributed by atoms with Gasteiger partial charge in [-0.3, -0.25) is 0 Å². The van der Waals surface area contributed by atoms with E-state index in [1.165, 1.54) is 39.0 Å². The first-order chi connectivity index (χ1) is 18.4. The first kappa shape index (κ1) is 24.2. The van der Waals surface area contributed by atoms with Gasteiger partial charge in [-0.25, -0.2) is 9.55 Å². The van der Waals surface area contributed by atoms with Crippen LogP contribution in [-0.4, -0.2) is 9.55 Å². The average Bonchev–Trinajstić information content (AvgIpc) is 3.51. The van der Waals surface area contributed by atoms with Crippen molar-refractivity contribution in [3.05, 3.63) is 102 Å². The topological polar surface area (TPSA) is 34.8 Å². The molecule has 0 amide bonds. The highest BCUT2D eigenvalue weighted by atomic mass is 16.3. The smallest absolute Gasteiger partial charge is 0.299 e. The van der Waals surface area contributed by atoms with Gasteiger partial charge < -0.3 is 4.42 Å². The number of imidazole rings is 1. The Morgan fingerprint density at radius 1 is 0.789 bits per heavy atom. The van der Waals surface area contributed by atoms with Crippen molar-refractivity contribution in [2.24, 2.45) is 7.05 Å². The minimum Gasteiger partial charge on any atom is -0.443 e. The standard InChI is InChI=1S/C34H34N3O/c1-21(2)26-18-25(24-12-8-7-9-13-24)19-27(22(3)4)32(26)37-30-15-11-10-14-29(30)36(6)34(37)31-23(5)16-17-28-33(31)38-20-35-28/h7-22H,1-6H3/q+1. The molecule has 0 fully saturated rings. The van der Waals surface area contributed by atoms with E-state index >= 15 is 0 Å². The van der Waals surface area contributed by atoms with E-state index in [1.807, 2.05) is 6.07 Å². The Morgan fingerprint density at radius 3 is 2.13 bits per heavy atom. The van der Waals surface area contributed by atoms with Gasteiger partial charge in [0.15, 0.2) is 23.0 Å². The highest BCUT2D eigenvalue weighted by molar-refractivity contribution is 5.92. The van der Waals surface area contributed by atoms with Gasteiger partial charge in [-0.2, -0.15) is 4.57 Å². The molecule has 0 aliphatic heterocycles. The van der Waals surface area contributed by atoms with E-state index in [9.17, 15) is 0 Å². The molecule has 38 heavy (non-hydrogen) atoms. The summed E-state index contributed by atoms with van der Waals surface area (Å²) in [6.07, 6.45) is 1.55. The number of aryl methyl sites for hydroxylation is 2. The van der Waals surface area contributed by atoms with Crippen LogP contribution in [0.2, 0.25) is 0 Å². The van der Waals surface area contributed by atoms with Crippen molar-refractivity contribution in [1.29, 1.82) is 0 Å². The second-order valence-electron chi connectivity index (χ2n) is 10.8. The minimum absolute atomic E-state index is 0.327. The Morgan fingerprint density at radius 2 is 1.45 bits per heavy atom. The first-order valence-corrected chi connectivity index (χ1v) is 13.4. The van der Waals surface area contributed by atoms with Crippen molar-refractivity contribution in [2.45, 2.75) is 46.5 Å². The van der Waals surface area contributed by atoms with Crippen molar-refractivity contribution in [3.8, 4) is 28.2 Å². The van der Waals surface area contributed by atoms with Gasteiger partial charge in [-0.1, -0.05) is 76.2 Å². The predicted molar refractivity (Wildman–Crippen MR) is 156 cm³/mol. The zero-order valence-electron chi connectivity index (χ0n) is 23.0. The van der Waals surface area contributed by atoms with Crippen LogP contribution in [0.5, 0.6) is 0 Å². The molecule has 4 aromatic carbocycles. The van der Waals surface area contributed by atoms with Crippen LogP contribution >= 0.6 is 0 Å². The lowest BCUT2D eigenvalue weighted by atomic mass is 9.88. The summed E-state index contributed by atoms with van der Waals surface area (Å²) in [5.74, 6) is 1.75. The third-order valence-corrected chi connectivity index (χ3v) is 7.69. The molecule has 0 aliphatic carbocycles. The van der Waals surface area contributed by atoms with Gasteiger partial charge >= 0.3 is 0 Å². The maximum atomic E-state index is 6.02. The molecule has 0 spiro atoms. The molecular formula is C34H34N3O+. The number of benzene rings is 4. The molecule has 0 atom stereocenters. The number of hydrogen-bond donors (Lipinski definition) is 0. The Balaban J connectivity index is 1.79. The summed E-state index contributed by atoms with van der Waals surface area (Å²) in [5, 5.41) is 0. The van der Waals surface area contributed by atoms with Gasteiger partial charge in [-0.15, -0.1) is 0 Å². The van der Waals surface area contributed by atoms with Crippen molar-refractivity contribution in [2.75, 3.05) is 0 Å². The molecule has 4 nitrogen and oxygen atoms in total. The van der Waals surface area contributed by atoms with E-state index in [-0.39, 0.29) is 0 Å². The van der Waals surface area contributed by atoms with Crippen molar-refractivity contribution < 1.29 is 8.98 Å². The summed E-state index contributed by atoms with van der Waals surface area (Å²) in [6.45, 7) is 11.3. The lowest BCUT2D eigenvalue weighted by Gasteiger charge is -2.21. The average molecular weight is 501 g/mol. The van der Waals surface area contributed by atoms with E-state index in [4.69, 9.17) is 4.42 Å². The maximum Gasteiger partial charge on any atom is 0.299 e. The van der Waals surface area contributed by atoms with E-state index in [0.29, 0.717) is 11.8 Å². The molecule has 0 aliphatic rings. The number of hydrogen-bond acceptors (Lipinski definition) is 2. The van der Waals surface area contributed by atoms with Gasteiger partial charge in [0.2, 0.25) is 0 Å². The van der Waals surface area contributed by atoms with E-state index in [1.54, 1.807) is 6.39 Å². The summed E-state index contributed by atoms with van der Waals surface area (Å²) >= 11 is 0. The van der Waals surface area contributed by atoms with Gasteiger partial charge in [0.05, 0.1) is 7.05 Å². The summed E-state index contributed by atoms with van der Waals surface area (Å²) in [7, 11) is 2.16. The molecule has 190 valence electrons. The quantitative estimate of drug-likeness (QED) is 0.222. The number of fused-ring (bicyclic) bond motifs is 2. The molecule has 0 radical (unpaired) electrons. The third-order valence-electron chi connectivity index (χ3n) is 7.69. The molecule has 4 heteroatoms. The van der Waals surface area contributed by atoms with Crippen LogP contribution in [0.3, 0.4) is 0 Å². The Labute approximate surface area is 224 Å². The van der Waals surface area contributed by atoms with Crippen LogP contribution in [0.4, 0.5) is 0 Å². The van der Waals surface area contributed by atoms with E-state index in [2.05, 4.69) is 129 Å². The van der Waals surface area contributed by atoms with Gasteiger partial charge in [0.25, 0.3) is 5.82 Å². The van der Waals surface area contributed by atoms with E-state index in [0.717, 1.165) is 28.1 Å². The number of para-hydroxylation sites is 2. The molecule has 0 saturated carbocycles. The van der Waals surface area contributed by atoms with Crippen molar-refractivity contribution in [1.82, 2.24) is 9.55 Å². The zero-order valence-corrected chi connectivity index (χ0v) is 23.0. The molecule has 0 saturated heterocycles. The van der Waals surface area contributed by atoms with Crippen molar-refractivity contribution >= 4 is 22.1 Å². The van der Waals surface area contributed by atoms with Gasteiger partial charge in [0.1, 0.15) is 16.8 Å². The van der Waals surface area contributed by atoms with Gasteiger partial charge in [0, 0.05) is 11.1 Å². The molecule has 0 unspecified atom stereocenters. The number of oxazole rings is 1. The second-order valence-corrected chi connectivity index (χ2v) is 10.8. The Hall–Kier alpha value is -4.18. The molecular weight excluding hydrogens is 466 g/mol. The lowest BCUT2D eigenvalue weighted by molar-refractivity contribution is -0.633. The largest absolute Gasteiger partial charge is 0.443 e. The zero-order chi connectivity index (χ0) is 26.6. The Kier molecular flexibility index (Phi) is 5.91. The second kappa shape index (κ2) is 9.29. The van der Waals surface area contributed by atoms with E-state index < -0.39 is 0 Å². The normalized spacial score (nSPS) is 11.9. The fourth-order valence-corrected chi connectivity index (χ4v) is 5.74. The fraction of sp³-hybridized carbons (Fsp3) is 0.235. The third kappa shape index (κ3) is 3.75. The number of nitrogens with zero attached hydrogens (tertiary/aromatic N) is 3. The SMILES string of the molecule is Cc1ccc2ncoc2c1-c1n(-c2c(C(C)C)cc(-c3ccccc3)cc2C(C)C)c2ccccc2[n+]1C. The van der Waals surface area contributed by atoms with Crippen LogP contribution in [0, 0.1) is 6.92 Å². The lowest BCUT2D eigenvalue weighted by Crippen LogP contribution is -2.30.